The Morgan fingerprint density at radius 2 is 2.00 bits per heavy atom. The van der Waals surface area contributed by atoms with E-state index in [1.807, 2.05) is 13.8 Å². The maximum Gasteiger partial charge on any atom is 0.255 e. The monoisotopic (exact) mass is 281 g/mol. The molecular formula is C15H23NO4. The van der Waals surface area contributed by atoms with E-state index >= 15 is 0 Å². The first-order valence-corrected chi connectivity index (χ1v) is 6.65. The smallest absolute Gasteiger partial charge is 0.255 e. The lowest BCUT2D eigenvalue weighted by molar-refractivity contribution is 0.0905. The van der Waals surface area contributed by atoms with Gasteiger partial charge in [0.1, 0.15) is 11.5 Å². The summed E-state index contributed by atoms with van der Waals surface area (Å²) in [7, 11) is 3.06. The minimum Gasteiger partial charge on any atom is -0.497 e. The van der Waals surface area contributed by atoms with E-state index < -0.39 is 0 Å². The van der Waals surface area contributed by atoms with Crippen molar-refractivity contribution in [2.24, 2.45) is 5.92 Å². The zero-order chi connectivity index (χ0) is 15.1. The Kier molecular flexibility index (Phi) is 6.31. The van der Waals surface area contributed by atoms with Crippen molar-refractivity contribution in [3.8, 4) is 11.5 Å². The van der Waals surface area contributed by atoms with Crippen LogP contribution in [0, 0.1) is 5.92 Å². The third-order valence-corrected chi connectivity index (χ3v) is 2.96. The molecule has 0 aliphatic rings. The zero-order valence-electron chi connectivity index (χ0n) is 12.5. The SMILES string of the molecule is COc1ccc(C(=O)NC(CO)CC(C)C)c(OC)c1. The van der Waals surface area contributed by atoms with E-state index in [9.17, 15) is 9.90 Å². The van der Waals surface area contributed by atoms with Gasteiger partial charge < -0.3 is 19.9 Å². The van der Waals surface area contributed by atoms with Crippen LogP contribution < -0.4 is 14.8 Å². The Hall–Kier alpha value is -1.75. The van der Waals surface area contributed by atoms with Crippen LogP contribution in [0.1, 0.15) is 30.6 Å². The molecule has 1 unspecified atom stereocenters. The van der Waals surface area contributed by atoms with Gasteiger partial charge in [0.15, 0.2) is 0 Å². The minimum absolute atomic E-state index is 0.0810. The van der Waals surface area contributed by atoms with Crippen molar-refractivity contribution in [1.82, 2.24) is 5.32 Å². The lowest BCUT2D eigenvalue weighted by atomic mass is 10.0. The van der Waals surface area contributed by atoms with Crippen LogP contribution in [0.5, 0.6) is 11.5 Å². The molecule has 0 fully saturated rings. The number of carbonyl (C=O) groups excluding carboxylic acids is 1. The van der Waals surface area contributed by atoms with Gasteiger partial charge in [0, 0.05) is 6.07 Å². The van der Waals surface area contributed by atoms with Crippen molar-refractivity contribution in [3.63, 3.8) is 0 Å². The van der Waals surface area contributed by atoms with E-state index in [2.05, 4.69) is 5.32 Å². The van der Waals surface area contributed by atoms with Crippen molar-refractivity contribution in [3.05, 3.63) is 23.8 Å². The van der Waals surface area contributed by atoms with Crippen LogP contribution in [0.15, 0.2) is 18.2 Å². The molecule has 1 aromatic rings. The Balaban J connectivity index is 2.85. The average Bonchev–Trinajstić information content (AvgIpc) is 2.45. The van der Waals surface area contributed by atoms with Crippen LogP contribution in [0.4, 0.5) is 0 Å². The van der Waals surface area contributed by atoms with Gasteiger partial charge in [-0.15, -0.1) is 0 Å². The quantitative estimate of drug-likeness (QED) is 0.800. The topological polar surface area (TPSA) is 67.8 Å². The number of aliphatic hydroxyl groups is 1. The summed E-state index contributed by atoms with van der Waals surface area (Å²) in [5.41, 5.74) is 0.426. The van der Waals surface area contributed by atoms with Crippen LogP contribution in [0.3, 0.4) is 0 Å². The van der Waals surface area contributed by atoms with Crippen molar-refractivity contribution in [2.45, 2.75) is 26.3 Å². The number of ether oxygens (including phenoxy) is 2. The van der Waals surface area contributed by atoms with Crippen LogP contribution in [0.25, 0.3) is 0 Å². The zero-order valence-corrected chi connectivity index (χ0v) is 12.5. The lowest BCUT2D eigenvalue weighted by Gasteiger charge is -2.19. The van der Waals surface area contributed by atoms with Gasteiger partial charge in [-0.05, 0) is 24.5 Å². The summed E-state index contributed by atoms with van der Waals surface area (Å²) in [4.78, 5) is 12.2. The van der Waals surface area contributed by atoms with Gasteiger partial charge in [0.05, 0.1) is 32.4 Å². The number of hydrogen-bond acceptors (Lipinski definition) is 4. The largest absolute Gasteiger partial charge is 0.497 e. The first-order valence-electron chi connectivity index (χ1n) is 6.65. The molecule has 0 heterocycles. The highest BCUT2D eigenvalue weighted by molar-refractivity contribution is 5.97. The van der Waals surface area contributed by atoms with Gasteiger partial charge >= 0.3 is 0 Å². The summed E-state index contributed by atoms with van der Waals surface area (Å²) in [5, 5.41) is 12.1. The average molecular weight is 281 g/mol. The van der Waals surface area contributed by atoms with Crippen molar-refractivity contribution < 1.29 is 19.4 Å². The van der Waals surface area contributed by atoms with Gasteiger partial charge in [-0.3, -0.25) is 4.79 Å². The first kappa shape index (κ1) is 16.3. The Labute approximate surface area is 119 Å². The van der Waals surface area contributed by atoms with Gasteiger partial charge in [-0.1, -0.05) is 13.8 Å². The van der Waals surface area contributed by atoms with E-state index in [1.54, 1.807) is 25.3 Å². The summed E-state index contributed by atoms with van der Waals surface area (Å²) >= 11 is 0. The summed E-state index contributed by atoms with van der Waals surface area (Å²) in [6.07, 6.45) is 0.723. The minimum atomic E-state index is -0.260. The maximum atomic E-state index is 12.2. The second-order valence-corrected chi connectivity index (χ2v) is 5.05. The van der Waals surface area contributed by atoms with Gasteiger partial charge in [0.2, 0.25) is 0 Å². The summed E-state index contributed by atoms with van der Waals surface area (Å²) in [5.74, 6) is 1.21. The molecular weight excluding hydrogens is 258 g/mol. The molecule has 0 aromatic heterocycles. The molecule has 0 spiro atoms. The van der Waals surface area contributed by atoms with E-state index in [4.69, 9.17) is 9.47 Å². The van der Waals surface area contributed by atoms with Gasteiger partial charge in [0.25, 0.3) is 5.91 Å². The molecule has 1 atom stereocenters. The molecule has 1 rings (SSSR count). The number of methoxy groups -OCH3 is 2. The van der Waals surface area contributed by atoms with Crippen LogP contribution in [-0.2, 0) is 0 Å². The number of benzene rings is 1. The Morgan fingerprint density at radius 1 is 1.30 bits per heavy atom. The van der Waals surface area contributed by atoms with Crippen LogP contribution in [-0.4, -0.2) is 37.9 Å². The fraction of sp³-hybridized carbons (Fsp3) is 0.533. The predicted molar refractivity (Wildman–Crippen MR) is 77.3 cm³/mol. The highest BCUT2D eigenvalue weighted by Crippen LogP contribution is 2.24. The molecule has 1 amide bonds. The van der Waals surface area contributed by atoms with E-state index in [1.165, 1.54) is 7.11 Å². The molecule has 5 heteroatoms. The maximum absolute atomic E-state index is 12.2. The first-order chi connectivity index (χ1) is 9.51. The number of amides is 1. The number of rotatable bonds is 7. The highest BCUT2D eigenvalue weighted by atomic mass is 16.5. The fourth-order valence-electron chi connectivity index (χ4n) is 2.00. The molecule has 0 saturated carbocycles. The molecule has 0 radical (unpaired) electrons. The van der Waals surface area contributed by atoms with E-state index in [0.29, 0.717) is 23.0 Å². The molecule has 2 N–H and O–H groups in total. The molecule has 5 nitrogen and oxygen atoms in total. The standard InChI is InChI=1S/C15H23NO4/c1-10(2)7-11(9-17)16-15(18)13-6-5-12(19-3)8-14(13)20-4/h5-6,8,10-11,17H,7,9H2,1-4H3,(H,16,18). The fourth-order valence-corrected chi connectivity index (χ4v) is 2.00. The van der Waals surface area contributed by atoms with Crippen molar-refractivity contribution >= 4 is 5.91 Å². The van der Waals surface area contributed by atoms with Crippen molar-refractivity contribution in [1.29, 1.82) is 0 Å². The third kappa shape index (κ3) is 4.42. The Bertz CT molecular complexity index is 445. The lowest BCUT2D eigenvalue weighted by Crippen LogP contribution is -2.38. The molecule has 0 aliphatic carbocycles. The van der Waals surface area contributed by atoms with Gasteiger partial charge in [-0.2, -0.15) is 0 Å². The molecule has 0 aliphatic heterocycles. The molecule has 20 heavy (non-hydrogen) atoms. The normalized spacial score (nSPS) is 12.1. The van der Waals surface area contributed by atoms with Crippen LogP contribution >= 0.6 is 0 Å². The molecule has 1 aromatic carbocycles. The number of hydrogen-bond donors (Lipinski definition) is 2. The molecule has 0 saturated heterocycles. The highest BCUT2D eigenvalue weighted by Gasteiger charge is 2.18. The second kappa shape index (κ2) is 7.75. The van der Waals surface area contributed by atoms with Crippen molar-refractivity contribution in [2.75, 3.05) is 20.8 Å². The van der Waals surface area contributed by atoms with Crippen LogP contribution in [0.2, 0.25) is 0 Å². The summed E-state index contributed by atoms with van der Waals surface area (Å²) < 4.78 is 10.3. The van der Waals surface area contributed by atoms with Gasteiger partial charge in [-0.25, -0.2) is 0 Å². The van der Waals surface area contributed by atoms with E-state index in [0.717, 1.165) is 6.42 Å². The number of carbonyl (C=O) groups is 1. The predicted octanol–water partition coefficient (Wildman–Crippen LogP) is 1.84. The summed E-state index contributed by atoms with van der Waals surface area (Å²) in [6.45, 7) is 4.01. The third-order valence-electron chi connectivity index (χ3n) is 2.96. The number of aliphatic hydroxyl groups excluding tert-OH is 1. The summed E-state index contributed by atoms with van der Waals surface area (Å²) in [6, 6.07) is 4.75. The second-order valence-electron chi connectivity index (χ2n) is 5.05. The molecule has 112 valence electrons. The molecule has 0 bridgehead atoms. The van der Waals surface area contributed by atoms with E-state index in [-0.39, 0.29) is 18.6 Å². The Morgan fingerprint density at radius 3 is 2.50 bits per heavy atom. The number of nitrogens with one attached hydrogen (secondary N) is 1.